The third-order valence-corrected chi connectivity index (χ3v) is 7.13. The van der Waals surface area contributed by atoms with Gasteiger partial charge in [-0.25, -0.2) is 8.42 Å². The number of aliphatic hydroxyl groups is 1. The molecule has 0 aliphatic heterocycles. The van der Waals surface area contributed by atoms with Crippen LogP contribution in [0.2, 0.25) is 0 Å². The minimum absolute atomic E-state index is 0. The van der Waals surface area contributed by atoms with Gasteiger partial charge in [-0.05, 0) is 43.4 Å². The number of rotatable bonds is 12. The molecule has 1 atom stereocenters. The predicted octanol–water partition coefficient (Wildman–Crippen LogP) is 5.24. The van der Waals surface area contributed by atoms with Crippen molar-refractivity contribution >= 4 is 15.7 Å². The Labute approximate surface area is 197 Å². The summed E-state index contributed by atoms with van der Waals surface area (Å²) in [5, 5.41) is 10.9. The fourth-order valence-corrected chi connectivity index (χ4v) is 5.20. The van der Waals surface area contributed by atoms with Gasteiger partial charge in [-0.2, -0.15) is 6.42 Å². The van der Waals surface area contributed by atoms with E-state index in [9.17, 15) is 13.5 Å². The Morgan fingerprint density at radius 3 is 2.21 bits per heavy atom. The maximum Gasteiger partial charge on any atom is 0.232 e. The van der Waals surface area contributed by atoms with E-state index in [2.05, 4.69) is 13.8 Å². The van der Waals surface area contributed by atoms with Crippen LogP contribution in [0.1, 0.15) is 82.8 Å². The van der Waals surface area contributed by atoms with Gasteiger partial charge in [-0.15, -0.1) is 0 Å². The summed E-state index contributed by atoms with van der Waals surface area (Å²) in [4.78, 5) is 0. The Kier molecular flexibility index (Phi) is 11.2. The van der Waals surface area contributed by atoms with E-state index < -0.39 is 16.1 Å². The molecule has 2 rings (SSSR count). The number of anilines is 1. The van der Waals surface area contributed by atoms with Gasteiger partial charge in [0.15, 0.2) is 0 Å². The average molecular weight is 484 g/mol. The molecule has 28 heavy (non-hydrogen) atoms. The summed E-state index contributed by atoms with van der Waals surface area (Å²) in [6.07, 6.45) is 11.2. The number of hydrogen-bond acceptors (Lipinski definition) is 3. The van der Waals surface area contributed by atoms with Crippen LogP contribution in [0.25, 0.3) is 0 Å². The second-order valence-electron chi connectivity index (χ2n) is 8.06. The van der Waals surface area contributed by atoms with Crippen molar-refractivity contribution in [2.75, 3.05) is 17.1 Å². The summed E-state index contributed by atoms with van der Waals surface area (Å²) in [7, 11) is -3.32. The third-order valence-electron chi connectivity index (χ3n) is 5.94. The maximum absolute atomic E-state index is 12.2. The van der Waals surface area contributed by atoms with Gasteiger partial charge in [0.05, 0.1) is 18.0 Å². The molecule has 1 aliphatic carbocycles. The molecule has 6 heteroatoms. The number of nitrogens with zero attached hydrogens (tertiary/aromatic N) is 1. The monoisotopic (exact) mass is 483 g/mol. The van der Waals surface area contributed by atoms with Crippen LogP contribution in [0, 0.1) is 12.3 Å². The van der Waals surface area contributed by atoms with Crippen LogP contribution in [0.3, 0.4) is 0 Å². The van der Waals surface area contributed by atoms with Crippen molar-refractivity contribution < 1.29 is 46.2 Å². The van der Waals surface area contributed by atoms with Crippen LogP contribution in [-0.2, 0) is 42.7 Å². The van der Waals surface area contributed by atoms with Crippen molar-refractivity contribution in [1.29, 1.82) is 0 Å². The molecular formula is C22H36NO3SY-. The molecule has 1 aliphatic rings. The van der Waals surface area contributed by atoms with Crippen molar-refractivity contribution in [3.05, 3.63) is 36.8 Å². The van der Waals surface area contributed by atoms with Crippen LogP contribution < -0.4 is 4.31 Å². The molecule has 0 aromatic heterocycles. The molecule has 0 spiro atoms. The molecule has 1 N–H and O–H groups in total. The van der Waals surface area contributed by atoms with Gasteiger partial charge in [0, 0.05) is 44.7 Å². The predicted molar refractivity (Wildman–Crippen MR) is 113 cm³/mol. The van der Waals surface area contributed by atoms with Crippen LogP contribution in [-0.4, -0.2) is 26.3 Å². The smallest absolute Gasteiger partial charge is 0.232 e. The second-order valence-corrected chi connectivity index (χ2v) is 9.97. The van der Waals surface area contributed by atoms with E-state index in [4.69, 9.17) is 0 Å². The number of unbranched alkanes of at least 4 members (excludes halogenated alkanes) is 4. The van der Waals surface area contributed by atoms with Crippen molar-refractivity contribution in [2.45, 2.75) is 77.2 Å². The number of benzene rings is 1. The molecule has 0 heterocycles. The Morgan fingerprint density at radius 1 is 1.14 bits per heavy atom. The topological polar surface area (TPSA) is 57.6 Å². The second kappa shape index (κ2) is 12.0. The van der Waals surface area contributed by atoms with Gasteiger partial charge in [0.25, 0.3) is 0 Å². The van der Waals surface area contributed by atoms with Crippen LogP contribution in [0.15, 0.2) is 24.3 Å². The largest absolute Gasteiger partial charge is 0.388 e. The number of hydrogen-bond donors (Lipinski definition) is 1. The van der Waals surface area contributed by atoms with Crippen LogP contribution in [0.5, 0.6) is 0 Å². The molecule has 157 valence electrons. The molecule has 1 fully saturated rings. The van der Waals surface area contributed by atoms with Crippen LogP contribution in [0.4, 0.5) is 5.69 Å². The Morgan fingerprint density at radius 2 is 1.75 bits per heavy atom. The fourth-order valence-electron chi connectivity index (χ4n) is 4.24. The molecule has 1 saturated carbocycles. The summed E-state index contributed by atoms with van der Waals surface area (Å²) in [5.74, 6) is 0. The SMILES string of the molecule is [CH2-]CCCCCCN(c1ccc(C(O)C2(CCC)CCC2)cc1)S(C)(=O)=O.[Y]. The van der Waals surface area contributed by atoms with E-state index in [1.807, 2.05) is 24.3 Å². The molecule has 1 radical (unpaired) electrons. The maximum atomic E-state index is 12.2. The van der Waals surface area contributed by atoms with Gasteiger partial charge in [0.1, 0.15) is 0 Å². The fraction of sp³-hybridized carbons (Fsp3) is 0.682. The average Bonchev–Trinajstić information content (AvgIpc) is 2.60. The van der Waals surface area contributed by atoms with Gasteiger partial charge >= 0.3 is 0 Å². The van der Waals surface area contributed by atoms with Crippen molar-refractivity contribution in [3.63, 3.8) is 0 Å². The first-order valence-corrected chi connectivity index (χ1v) is 12.2. The summed E-state index contributed by atoms with van der Waals surface area (Å²) in [6, 6.07) is 7.48. The Balaban J connectivity index is 0.00000392. The zero-order valence-corrected chi connectivity index (χ0v) is 21.2. The third kappa shape index (κ3) is 6.79. The van der Waals surface area contributed by atoms with E-state index >= 15 is 0 Å². The Bertz CT molecular complexity index is 672. The first-order chi connectivity index (χ1) is 12.8. The minimum Gasteiger partial charge on any atom is -0.388 e. The molecule has 1 aromatic carbocycles. The van der Waals surface area contributed by atoms with E-state index in [0.29, 0.717) is 12.2 Å². The molecule has 1 unspecified atom stereocenters. The first kappa shape index (κ1) is 26.1. The zero-order valence-electron chi connectivity index (χ0n) is 17.6. The molecule has 0 amide bonds. The van der Waals surface area contributed by atoms with Gasteiger partial charge in [-0.1, -0.05) is 51.2 Å². The molecule has 0 bridgehead atoms. The summed E-state index contributed by atoms with van der Waals surface area (Å²) in [5.41, 5.74) is 1.60. The van der Waals surface area contributed by atoms with E-state index in [1.165, 1.54) is 17.0 Å². The van der Waals surface area contributed by atoms with E-state index in [0.717, 1.165) is 63.4 Å². The van der Waals surface area contributed by atoms with Gasteiger partial charge in [0.2, 0.25) is 10.0 Å². The Hall–Kier alpha value is 0.0339. The minimum atomic E-state index is -3.32. The number of sulfonamides is 1. The summed E-state index contributed by atoms with van der Waals surface area (Å²) < 4.78 is 26.0. The quantitative estimate of drug-likeness (QED) is 0.327. The van der Waals surface area contributed by atoms with E-state index in [1.54, 1.807) is 0 Å². The molecular weight excluding hydrogens is 447 g/mol. The molecule has 0 saturated heterocycles. The number of aliphatic hydroxyl groups excluding tert-OH is 1. The molecule has 1 aromatic rings. The standard InChI is InChI=1S/C22H36NO3S.Y/c1-4-6-7-8-9-18-23(27(3,25)26)20-13-11-19(12-14-20)21(24)22(15-5-2)16-10-17-22;/h11-14,21,24H,1,4-10,15-18H2,2-3H3;/q-1;. The van der Waals surface area contributed by atoms with E-state index in [-0.39, 0.29) is 38.1 Å². The van der Waals surface area contributed by atoms with Gasteiger partial charge < -0.3 is 12.0 Å². The first-order valence-electron chi connectivity index (χ1n) is 10.4. The summed E-state index contributed by atoms with van der Waals surface area (Å²) >= 11 is 0. The zero-order chi connectivity index (χ0) is 19.9. The van der Waals surface area contributed by atoms with Crippen molar-refractivity contribution in [3.8, 4) is 0 Å². The van der Waals surface area contributed by atoms with Crippen LogP contribution >= 0.6 is 0 Å². The summed E-state index contributed by atoms with van der Waals surface area (Å²) in [6.45, 7) is 6.50. The van der Waals surface area contributed by atoms with Crippen molar-refractivity contribution in [2.24, 2.45) is 5.41 Å². The normalized spacial score (nSPS) is 16.7. The van der Waals surface area contributed by atoms with Gasteiger partial charge in [-0.3, -0.25) is 4.31 Å². The molecule has 4 nitrogen and oxygen atoms in total. The van der Waals surface area contributed by atoms with Crippen molar-refractivity contribution in [1.82, 2.24) is 0 Å².